The van der Waals surface area contributed by atoms with Crippen LogP contribution >= 0.6 is 11.3 Å². The Morgan fingerprint density at radius 2 is 1.86 bits per heavy atom. The van der Waals surface area contributed by atoms with E-state index in [2.05, 4.69) is 15.3 Å². The van der Waals surface area contributed by atoms with Gasteiger partial charge in [0.05, 0.1) is 19.4 Å². The number of hydrogen-bond acceptors (Lipinski definition) is 6. The van der Waals surface area contributed by atoms with Crippen LogP contribution in [-0.4, -0.2) is 33.7 Å². The van der Waals surface area contributed by atoms with E-state index in [1.54, 1.807) is 13.3 Å². The summed E-state index contributed by atoms with van der Waals surface area (Å²) in [6.07, 6.45) is -1.40. The molecule has 29 heavy (non-hydrogen) atoms. The van der Waals surface area contributed by atoms with Crippen molar-refractivity contribution in [3.63, 3.8) is 0 Å². The molecule has 3 aromatic rings. The average molecular weight is 426 g/mol. The molecule has 6 nitrogen and oxygen atoms in total. The smallest absolute Gasteiger partial charge is 0.445 e. The zero-order valence-corrected chi connectivity index (χ0v) is 17.0. The van der Waals surface area contributed by atoms with Crippen LogP contribution in [0.4, 0.5) is 13.2 Å². The van der Waals surface area contributed by atoms with Crippen molar-refractivity contribution in [1.82, 2.24) is 20.0 Å². The zero-order valence-electron chi connectivity index (χ0n) is 16.2. The van der Waals surface area contributed by atoms with Gasteiger partial charge in [-0.1, -0.05) is 37.3 Å². The van der Waals surface area contributed by atoms with E-state index in [-0.39, 0.29) is 11.0 Å². The summed E-state index contributed by atoms with van der Waals surface area (Å²) in [5.74, 6) is 1.46. The summed E-state index contributed by atoms with van der Waals surface area (Å²) in [6.45, 7) is 4.45. The highest BCUT2D eigenvalue weighted by molar-refractivity contribution is 7.13. The van der Waals surface area contributed by atoms with Gasteiger partial charge in [0, 0.05) is 6.20 Å². The first kappa shape index (κ1) is 21.1. The van der Waals surface area contributed by atoms with E-state index in [1.807, 2.05) is 38.1 Å². The Bertz CT molecular complexity index is 953. The van der Waals surface area contributed by atoms with Gasteiger partial charge in [-0.25, -0.2) is 4.68 Å². The number of nitrogens with zero attached hydrogens (tertiary/aromatic N) is 4. The van der Waals surface area contributed by atoms with Gasteiger partial charge in [0.2, 0.25) is 10.1 Å². The molecular formula is C19H21F3N4O2S. The number of rotatable bonds is 8. The van der Waals surface area contributed by atoms with Gasteiger partial charge in [0.15, 0.2) is 11.5 Å². The number of methoxy groups -OCH3 is 1. The van der Waals surface area contributed by atoms with Crippen LogP contribution in [0.5, 0.6) is 11.5 Å². The molecule has 0 atom stereocenters. The minimum absolute atomic E-state index is 0.0933. The lowest BCUT2D eigenvalue weighted by atomic mass is 10.0. The van der Waals surface area contributed by atoms with Crippen LogP contribution in [0.15, 0.2) is 30.5 Å². The van der Waals surface area contributed by atoms with Crippen molar-refractivity contribution in [2.24, 2.45) is 0 Å². The summed E-state index contributed by atoms with van der Waals surface area (Å²) in [4.78, 5) is 0. The van der Waals surface area contributed by atoms with E-state index in [4.69, 9.17) is 9.47 Å². The van der Waals surface area contributed by atoms with Gasteiger partial charge in [-0.2, -0.15) is 18.3 Å². The summed E-state index contributed by atoms with van der Waals surface area (Å²) in [5.41, 5.74) is 1.78. The number of benzene rings is 1. The molecule has 2 aromatic heterocycles. The molecule has 0 N–H and O–H groups in total. The summed E-state index contributed by atoms with van der Waals surface area (Å²) < 4.78 is 50.8. The van der Waals surface area contributed by atoms with Gasteiger partial charge >= 0.3 is 6.18 Å². The van der Waals surface area contributed by atoms with E-state index in [0.717, 1.165) is 11.3 Å². The van der Waals surface area contributed by atoms with Crippen LogP contribution in [0.1, 0.15) is 42.5 Å². The predicted octanol–water partition coefficient (Wildman–Crippen LogP) is 4.89. The van der Waals surface area contributed by atoms with E-state index in [1.165, 1.54) is 4.68 Å². The molecule has 2 heterocycles. The van der Waals surface area contributed by atoms with Gasteiger partial charge in [-0.05, 0) is 36.5 Å². The SMILES string of the molecule is COc1ccccc1OCCCc1cn(-c2nnc(C(F)(F)F)s2)nc1C(C)C. The Kier molecular flexibility index (Phi) is 6.41. The number of para-hydroxylation sites is 2. The predicted molar refractivity (Wildman–Crippen MR) is 103 cm³/mol. The quantitative estimate of drug-likeness (QED) is 0.480. The zero-order chi connectivity index (χ0) is 21.0. The van der Waals surface area contributed by atoms with Gasteiger partial charge in [0.25, 0.3) is 0 Å². The third-order valence-electron chi connectivity index (χ3n) is 4.14. The third kappa shape index (κ3) is 5.06. The highest BCUT2D eigenvalue weighted by Crippen LogP contribution is 2.33. The number of hydrogen-bond donors (Lipinski definition) is 0. The van der Waals surface area contributed by atoms with E-state index in [9.17, 15) is 13.2 Å². The van der Waals surface area contributed by atoms with Gasteiger partial charge < -0.3 is 9.47 Å². The number of aryl methyl sites for hydroxylation is 1. The molecule has 0 unspecified atom stereocenters. The maximum Gasteiger partial charge on any atom is 0.445 e. The van der Waals surface area contributed by atoms with Crippen molar-refractivity contribution in [3.8, 4) is 16.6 Å². The van der Waals surface area contributed by atoms with Crippen molar-refractivity contribution in [3.05, 3.63) is 46.7 Å². The fourth-order valence-corrected chi connectivity index (χ4v) is 3.44. The molecule has 0 amide bonds. The summed E-state index contributed by atoms with van der Waals surface area (Å²) >= 11 is 0.471. The molecule has 156 valence electrons. The topological polar surface area (TPSA) is 62.1 Å². The Hall–Kier alpha value is -2.62. The van der Waals surface area contributed by atoms with Gasteiger partial charge in [0.1, 0.15) is 0 Å². The normalized spacial score (nSPS) is 11.8. The third-order valence-corrected chi connectivity index (χ3v) is 5.10. The molecule has 0 aliphatic carbocycles. The Balaban J connectivity index is 1.68. The maximum atomic E-state index is 12.8. The van der Waals surface area contributed by atoms with Crippen molar-refractivity contribution in [2.75, 3.05) is 13.7 Å². The van der Waals surface area contributed by atoms with Crippen molar-refractivity contribution >= 4 is 11.3 Å². The summed E-state index contributed by atoms with van der Waals surface area (Å²) in [7, 11) is 1.59. The lowest BCUT2D eigenvalue weighted by Gasteiger charge is -2.10. The first-order valence-electron chi connectivity index (χ1n) is 9.05. The number of ether oxygens (including phenoxy) is 2. The van der Waals surface area contributed by atoms with Crippen molar-refractivity contribution in [1.29, 1.82) is 0 Å². The highest BCUT2D eigenvalue weighted by atomic mass is 32.1. The molecule has 3 rings (SSSR count). The monoisotopic (exact) mass is 426 g/mol. The Morgan fingerprint density at radius 1 is 1.14 bits per heavy atom. The number of aromatic nitrogens is 4. The first-order chi connectivity index (χ1) is 13.8. The molecule has 1 aromatic carbocycles. The lowest BCUT2D eigenvalue weighted by molar-refractivity contribution is -0.138. The Labute approximate surface area is 170 Å². The maximum absolute atomic E-state index is 12.8. The molecule has 0 fully saturated rings. The molecule has 0 aliphatic heterocycles. The van der Waals surface area contributed by atoms with Crippen molar-refractivity contribution in [2.45, 2.75) is 38.8 Å². The summed E-state index contributed by atoms with van der Waals surface area (Å²) in [5, 5.41) is 10.4. The van der Waals surface area contributed by atoms with E-state index >= 15 is 0 Å². The molecular weight excluding hydrogens is 405 g/mol. The molecule has 0 saturated carbocycles. The standard InChI is InChI=1S/C19H21F3N4O2S/c1-12(2)16-13(7-6-10-28-15-9-5-4-8-14(15)27-3)11-26(25-16)18-24-23-17(29-18)19(20,21)22/h4-5,8-9,11-12H,6-7,10H2,1-3H3. The van der Waals surface area contributed by atoms with Crippen LogP contribution in [0.25, 0.3) is 5.13 Å². The fraction of sp³-hybridized carbons (Fsp3) is 0.421. The van der Waals surface area contributed by atoms with E-state index in [0.29, 0.717) is 42.3 Å². The second kappa shape index (κ2) is 8.81. The fourth-order valence-electron chi connectivity index (χ4n) is 2.81. The lowest BCUT2D eigenvalue weighted by Crippen LogP contribution is -2.03. The van der Waals surface area contributed by atoms with Crippen LogP contribution in [0.3, 0.4) is 0 Å². The molecule has 0 aliphatic rings. The second-order valence-corrected chi connectivity index (χ2v) is 7.59. The largest absolute Gasteiger partial charge is 0.493 e. The average Bonchev–Trinajstić information content (AvgIpc) is 3.32. The molecule has 0 spiro atoms. The van der Waals surface area contributed by atoms with Crippen LogP contribution < -0.4 is 9.47 Å². The molecule has 10 heteroatoms. The minimum atomic E-state index is -4.51. The van der Waals surface area contributed by atoms with Crippen LogP contribution in [0.2, 0.25) is 0 Å². The van der Waals surface area contributed by atoms with Crippen LogP contribution in [0, 0.1) is 0 Å². The van der Waals surface area contributed by atoms with E-state index < -0.39 is 11.2 Å². The Morgan fingerprint density at radius 3 is 2.48 bits per heavy atom. The number of alkyl halides is 3. The highest BCUT2D eigenvalue weighted by Gasteiger charge is 2.36. The second-order valence-electron chi connectivity index (χ2n) is 6.63. The molecule has 0 bridgehead atoms. The van der Waals surface area contributed by atoms with Gasteiger partial charge in [-0.3, -0.25) is 0 Å². The van der Waals surface area contributed by atoms with Gasteiger partial charge in [-0.15, -0.1) is 10.2 Å². The number of halogens is 3. The molecule has 0 saturated heterocycles. The summed E-state index contributed by atoms with van der Waals surface area (Å²) in [6, 6.07) is 7.40. The van der Waals surface area contributed by atoms with Crippen molar-refractivity contribution < 1.29 is 22.6 Å². The minimum Gasteiger partial charge on any atom is -0.493 e. The first-order valence-corrected chi connectivity index (χ1v) is 9.86. The molecule has 0 radical (unpaired) electrons. The van der Waals surface area contributed by atoms with Crippen LogP contribution in [-0.2, 0) is 12.6 Å².